The van der Waals surface area contributed by atoms with Crippen molar-refractivity contribution >= 4 is 27.2 Å². The smallest absolute Gasteiger partial charge is 0.165 e. The number of ketones is 1. The molecule has 0 unspecified atom stereocenters. The monoisotopic (exact) mass is 228 g/mol. The van der Waals surface area contributed by atoms with E-state index < -0.39 is 0 Å². The van der Waals surface area contributed by atoms with Crippen molar-refractivity contribution in [3.63, 3.8) is 0 Å². The van der Waals surface area contributed by atoms with Gasteiger partial charge in [-0.2, -0.15) is 0 Å². The van der Waals surface area contributed by atoms with Crippen LogP contribution >= 0.6 is 11.3 Å². The van der Waals surface area contributed by atoms with Crippen LogP contribution in [0.2, 0.25) is 0 Å². The number of thiophene rings is 1. The lowest BCUT2D eigenvalue weighted by atomic mass is 10.1. The fraction of sp³-hybridized carbons (Fsp3) is 0.214. The summed E-state index contributed by atoms with van der Waals surface area (Å²) in [4.78, 5) is 11.9. The third kappa shape index (κ3) is 2.15. The number of carbonyl (C=O) groups is 1. The number of carbonyl (C=O) groups excluding carboxylic acids is 1. The molecule has 0 aliphatic carbocycles. The average molecular weight is 228 g/mol. The molecule has 2 rings (SSSR count). The molecule has 0 bridgehead atoms. The molecule has 1 aromatic carbocycles. The minimum absolute atomic E-state index is 0.195. The molecule has 0 saturated carbocycles. The zero-order valence-corrected chi connectivity index (χ0v) is 9.93. The van der Waals surface area contributed by atoms with Crippen LogP contribution in [0.5, 0.6) is 0 Å². The first-order valence-corrected chi connectivity index (χ1v) is 6.10. The number of benzene rings is 1. The first-order chi connectivity index (χ1) is 7.83. The second-order valence-corrected chi connectivity index (χ2v) is 4.41. The maximum absolute atomic E-state index is 11.9. The first-order valence-electron chi connectivity index (χ1n) is 5.22. The summed E-state index contributed by atoms with van der Waals surface area (Å²) in [5, 5.41) is 3.02. The fourth-order valence-corrected chi connectivity index (χ4v) is 2.59. The van der Waals surface area contributed by atoms with Gasteiger partial charge in [0, 0.05) is 33.9 Å². The molecule has 16 heavy (non-hydrogen) atoms. The van der Waals surface area contributed by atoms with Gasteiger partial charge in [0.05, 0.1) is 0 Å². The van der Waals surface area contributed by atoms with Crippen molar-refractivity contribution in [2.24, 2.45) is 0 Å². The second-order valence-electron chi connectivity index (χ2n) is 3.50. The van der Waals surface area contributed by atoms with Gasteiger partial charge in [0.15, 0.2) is 5.78 Å². The third-order valence-corrected chi connectivity index (χ3v) is 3.40. The normalized spacial score (nSPS) is 9.81. The Kier molecular flexibility index (Phi) is 3.38. The van der Waals surface area contributed by atoms with Gasteiger partial charge in [0.1, 0.15) is 0 Å². The Hall–Kier alpha value is -1.59. The zero-order valence-electron chi connectivity index (χ0n) is 9.12. The molecule has 0 N–H and O–H groups in total. The predicted octanol–water partition coefficient (Wildman–Crippen LogP) is 3.89. The lowest BCUT2D eigenvalue weighted by Crippen LogP contribution is -1.96. The summed E-state index contributed by atoms with van der Waals surface area (Å²) >= 11 is 1.62. The number of hydrogen-bond donors (Lipinski definition) is 0. The summed E-state index contributed by atoms with van der Waals surface area (Å²) in [6.07, 6.45) is 1.17. The van der Waals surface area contributed by atoms with E-state index in [1.165, 1.54) is 4.70 Å². The van der Waals surface area contributed by atoms with Crippen LogP contribution < -0.4 is 0 Å². The molecule has 2 heteroatoms. The lowest BCUT2D eigenvalue weighted by molar-refractivity contribution is 0.0986. The van der Waals surface area contributed by atoms with Crippen molar-refractivity contribution in [1.29, 1.82) is 0 Å². The van der Waals surface area contributed by atoms with E-state index in [1.807, 2.05) is 29.6 Å². The lowest BCUT2D eigenvalue weighted by Gasteiger charge is -1.96. The molecule has 2 aromatic rings. The van der Waals surface area contributed by atoms with Crippen molar-refractivity contribution in [3.8, 4) is 11.8 Å². The van der Waals surface area contributed by atoms with E-state index in [1.54, 1.807) is 18.3 Å². The highest BCUT2D eigenvalue weighted by atomic mass is 32.1. The number of Topliss-reactive ketones (excluding diaryl/α,β-unsaturated/α-hetero) is 1. The molecule has 0 aliphatic rings. The maximum Gasteiger partial charge on any atom is 0.165 e. The van der Waals surface area contributed by atoms with Crippen molar-refractivity contribution in [2.75, 3.05) is 0 Å². The van der Waals surface area contributed by atoms with E-state index >= 15 is 0 Å². The van der Waals surface area contributed by atoms with Crippen molar-refractivity contribution in [1.82, 2.24) is 0 Å². The van der Waals surface area contributed by atoms with Gasteiger partial charge >= 0.3 is 0 Å². The minimum atomic E-state index is 0.195. The standard InChI is InChI=1S/C14H12OS/c1-2-3-4-8-13(15)12-10-16-14-9-6-5-7-11(12)14/h5-7,9-10H,4,8H2,1H3. The van der Waals surface area contributed by atoms with Gasteiger partial charge in [-0.15, -0.1) is 23.2 Å². The molecule has 0 amide bonds. The van der Waals surface area contributed by atoms with E-state index in [9.17, 15) is 4.79 Å². The van der Waals surface area contributed by atoms with Crippen LogP contribution in [0.15, 0.2) is 29.6 Å². The number of rotatable bonds is 3. The molecule has 1 aromatic heterocycles. The highest BCUT2D eigenvalue weighted by molar-refractivity contribution is 7.17. The van der Waals surface area contributed by atoms with Gasteiger partial charge in [-0.25, -0.2) is 0 Å². The highest BCUT2D eigenvalue weighted by Gasteiger charge is 2.10. The van der Waals surface area contributed by atoms with Crippen LogP contribution in [0.25, 0.3) is 10.1 Å². The Morgan fingerprint density at radius 3 is 3.00 bits per heavy atom. The molecule has 1 nitrogen and oxygen atoms in total. The van der Waals surface area contributed by atoms with Crippen molar-refractivity contribution in [3.05, 3.63) is 35.2 Å². The Bertz CT molecular complexity index is 569. The summed E-state index contributed by atoms with van der Waals surface area (Å²) in [6.45, 7) is 1.80. The van der Waals surface area contributed by atoms with Gasteiger partial charge in [-0.1, -0.05) is 18.2 Å². The highest BCUT2D eigenvalue weighted by Crippen LogP contribution is 2.26. The molecule has 0 spiro atoms. The van der Waals surface area contributed by atoms with Crippen LogP contribution in [0, 0.1) is 11.8 Å². The molecule has 0 radical (unpaired) electrons. The van der Waals surface area contributed by atoms with Crippen molar-refractivity contribution in [2.45, 2.75) is 19.8 Å². The van der Waals surface area contributed by atoms with E-state index in [-0.39, 0.29) is 5.78 Å². The quantitative estimate of drug-likeness (QED) is 0.575. The van der Waals surface area contributed by atoms with Gasteiger partial charge in [-0.05, 0) is 13.0 Å². The predicted molar refractivity (Wildman–Crippen MR) is 68.8 cm³/mol. The van der Waals surface area contributed by atoms with Crippen LogP contribution in [0.3, 0.4) is 0 Å². The Morgan fingerprint density at radius 2 is 2.19 bits per heavy atom. The summed E-state index contributed by atoms with van der Waals surface area (Å²) in [7, 11) is 0. The van der Waals surface area contributed by atoms with E-state index in [2.05, 4.69) is 11.8 Å². The number of hydrogen-bond acceptors (Lipinski definition) is 2. The maximum atomic E-state index is 11.9. The summed E-state index contributed by atoms with van der Waals surface area (Å²) in [6, 6.07) is 8.01. The van der Waals surface area contributed by atoms with Gasteiger partial charge in [0.25, 0.3) is 0 Å². The summed E-state index contributed by atoms with van der Waals surface area (Å²) in [5.74, 6) is 5.92. The third-order valence-electron chi connectivity index (χ3n) is 2.44. The van der Waals surface area contributed by atoms with E-state index in [4.69, 9.17) is 0 Å². The zero-order chi connectivity index (χ0) is 11.4. The Morgan fingerprint density at radius 1 is 1.38 bits per heavy atom. The number of fused-ring (bicyclic) bond motifs is 1. The molecule has 0 saturated heterocycles. The Labute approximate surface area is 99.1 Å². The van der Waals surface area contributed by atoms with E-state index in [0.717, 1.165) is 10.9 Å². The molecule has 1 heterocycles. The first kappa shape index (κ1) is 10.9. The molecule has 0 fully saturated rings. The van der Waals surface area contributed by atoms with Crippen LogP contribution in [0.1, 0.15) is 30.1 Å². The Balaban J connectivity index is 2.25. The van der Waals surface area contributed by atoms with Gasteiger partial charge in [0.2, 0.25) is 0 Å². The molecular weight excluding hydrogens is 216 g/mol. The van der Waals surface area contributed by atoms with Crippen LogP contribution in [-0.4, -0.2) is 5.78 Å². The van der Waals surface area contributed by atoms with Crippen LogP contribution in [0.4, 0.5) is 0 Å². The molecule has 80 valence electrons. The SMILES string of the molecule is CC#CCCC(=O)c1csc2ccccc12. The van der Waals surface area contributed by atoms with Gasteiger partial charge < -0.3 is 0 Å². The summed E-state index contributed by atoms with van der Waals surface area (Å²) < 4.78 is 1.17. The second kappa shape index (κ2) is 4.96. The largest absolute Gasteiger partial charge is 0.294 e. The topological polar surface area (TPSA) is 17.1 Å². The average Bonchev–Trinajstić information content (AvgIpc) is 2.73. The van der Waals surface area contributed by atoms with Crippen molar-refractivity contribution < 1.29 is 4.79 Å². The summed E-state index contributed by atoms with van der Waals surface area (Å²) in [5.41, 5.74) is 0.846. The fourth-order valence-electron chi connectivity index (χ4n) is 1.63. The molecule has 0 aliphatic heterocycles. The minimum Gasteiger partial charge on any atom is -0.294 e. The van der Waals surface area contributed by atoms with Gasteiger partial charge in [-0.3, -0.25) is 4.79 Å². The molecular formula is C14H12OS. The molecule has 0 atom stereocenters. The van der Waals surface area contributed by atoms with Crippen LogP contribution in [-0.2, 0) is 0 Å². The van der Waals surface area contributed by atoms with E-state index in [0.29, 0.717) is 12.8 Å².